The molecule has 0 radical (unpaired) electrons. The number of aromatic nitrogens is 1. The van der Waals surface area contributed by atoms with E-state index in [1.165, 1.54) is 11.1 Å². The molecule has 0 bridgehead atoms. The van der Waals surface area contributed by atoms with Gasteiger partial charge in [-0.2, -0.15) is 0 Å². The van der Waals surface area contributed by atoms with E-state index in [1.54, 1.807) is 0 Å². The van der Waals surface area contributed by atoms with Gasteiger partial charge in [0.05, 0.1) is 6.04 Å². The Hall–Kier alpha value is -1.67. The second-order valence-corrected chi connectivity index (χ2v) is 5.03. The Balaban J connectivity index is 2.44. The van der Waals surface area contributed by atoms with Gasteiger partial charge in [0, 0.05) is 11.4 Å². The maximum Gasteiger partial charge on any atom is 0.0569 e. The van der Waals surface area contributed by atoms with Crippen molar-refractivity contribution in [1.82, 2.24) is 4.98 Å². The number of nitrogens with two attached hydrogens (primary N) is 1. The molecular formula is C16H20N2. The van der Waals surface area contributed by atoms with Gasteiger partial charge in [0.1, 0.15) is 0 Å². The van der Waals surface area contributed by atoms with E-state index in [0.717, 1.165) is 22.5 Å². The van der Waals surface area contributed by atoms with Crippen molar-refractivity contribution in [3.8, 4) is 0 Å². The Morgan fingerprint density at radius 3 is 2.11 bits per heavy atom. The van der Waals surface area contributed by atoms with Gasteiger partial charge in [0.15, 0.2) is 0 Å². The highest BCUT2D eigenvalue weighted by atomic mass is 14.7. The first-order valence-corrected chi connectivity index (χ1v) is 6.25. The lowest BCUT2D eigenvalue weighted by molar-refractivity contribution is 0.841. The summed E-state index contributed by atoms with van der Waals surface area (Å²) in [7, 11) is 0. The summed E-state index contributed by atoms with van der Waals surface area (Å²) in [5.74, 6) is 0. The summed E-state index contributed by atoms with van der Waals surface area (Å²) in [5.41, 5.74) is 13.2. The molecule has 0 aliphatic carbocycles. The van der Waals surface area contributed by atoms with E-state index in [4.69, 9.17) is 5.73 Å². The second-order valence-electron chi connectivity index (χ2n) is 5.03. The topological polar surface area (TPSA) is 38.9 Å². The lowest BCUT2D eigenvalue weighted by Gasteiger charge is -2.16. The van der Waals surface area contributed by atoms with Crippen LogP contribution in [0, 0.1) is 27.7 Å². The summed E-state index contributed by atoms with van der Waals surface area (Å²) in [6.07, 6.45) is 0. The fourth-order valence-corrected chi connectivity index (χ4v) is 2.40. The Kier molecular flexibility index (Phi) is 3.48. The number of hydrogen-bond acceptors (Lipinski definition) is 2. The molecule has 94 valence electrons. The molecule has 1 heterocycles. The van der Waals surface area contributed by atoms with Crippen LogP contribution >= 0.6 is 0 Å². The average Bonchev–Trinajstić information content (AvgIpc) is 2.26. The molecule has 0 saturated heterocycles. The first kappa shape index (κ1) is 12.8. The van der Waals surface area contributed by atoms with Crippen molar-refractivity contribution >= 4 is 0 Å². The Morgan fingerprint density at radius 1 is 0.944 bits per heavy atom. The van der Waals surface area contributed by atoms with Crippen LogP contribution in [0.4, 0.5) is 0 Å². The molecule has 0 aliphatic heterocycles. The van der Waals surface area contributed by atoms with E-state index >= 15 is 0 Å². The highest BCUT2D eigenvalue weighted by Crippen LogP contribution is 2.23. The number of nitrogens with zero attached hydrogens (tertiary/aromatic N) is 1. The van der Waals surface area contributed by atoms with Crippen LogP contribution in [0.2, 0.25) is 0 Å². The zero-order valence-electron chi connectivity index (χ0n) is 11.5. The van der Waals surface area contributed by atoms with Crippen LogP contribution in [0.1, 0.15) is 39.7 Å². The van der Waals surface area contributed by atoms with Crippen LogP contribution < -0.4 is 5.73 Å². The van der Waals surface area contributed by atoms with Gasteiger partial charge in [-0.25, -0.2) is 0 Å². The normalized spacial score (nSPS) is 12.5. The van der Waals surface area contributed by atoms with E-state index in [1.807, 2.05) is 19.9 Å². The number of aryl methyl sites for hydroxylation is 4. The third-order valence-corrected chi connectivity index (χ3v) is 3.20. The van der Waals surface area contributed by atoms with Gasteiger partial charge in [0.25, 0.3) is 0 Å². The van der Waals surface area contributed by atoms with Crippen molar-refractivity contribution in [2.24, 2.45) is 5.73 Å². The highest BCUT2D eigenvalue weighted by Gasteiger charge is 2.12. The lowest BCUT2D eigenvalue weighted by Crippen LogP contribution is -2.14. The van der Waals surface area contributed by atoms with Gasteiger partial charge in [-0.15, -0.1) is 0 Å². The zero-order valence-corrected chi connectivity index (χ0v) is 11.5. The Morgan fingerprint density at radius 2 is 1.56 bits per heavy atom. The van der Waals surface area contributed by atoms with Crippen LogP contribution in [-0.2, 0) is 0 Å². The molecular weight excluding hydrogens is 220 g/mol. The van der Waals surface area contributed by atoms with Gasteiger partial charge in [-0.05, 0) is 44.9 Å². The fraction of sp³-hybridized carbons (Fsp3) is 0.312. The summed E-state index contributed by atoms with van der Waals surface area (Å²) < 4.78 is 0. The van der Waals surface area contributed by atoms with Crippen LogP contribution in [0.5, 0.6) is 0 Å². The van der Waals surface area contributed by atoms with Crippen LogP contribution in [0.15, 0.2) is 30.3 Å². The predicted molar refractivity (Wildman–Crippen MR) is 75.7 cm³/mol. The summed E-state index contributed by atoms with van der Waals surface area (Å²) in [4.78, 5) is 4.49. The van der Waals surface area contributed by atoms with Gasteiger partial charge in [-0.1, -0.05) is 35.4 Å². The van der Waals surface area contributed by atoms with Crippen LogP contribution in [0.25, 0.3) is 0 Å². The third-order valence-electron chi connectivity index (χ3n) is 3.20. The minimum Gasteiger partial charge on any atom is -0.320 e. The third kappa shape index (κ3) is 2.59. The van der Waals surface area contributed by atoms with E-state index < -0.39 is 0 Å². The molecule has 1 unspecified atom stereocenters. The van der Waals surface area contributed by atoms with E-state index in [0.29, 0.717) is 0 Å². The molecule has 2 aromatic rings. The van der Waals surface area contributed by atoms with Crippen LogP contribution in [0.3, 0.4) is 0 Å². The van der Waals surface area contributed by atoms with Gasteiger partial charge in [-0.3, -0.25) is 4.98 Å². The fourth-order valence-electron chi connectivity index (χ4n) is 2.40. The molecule has 2 N–H and O–H groups in total. The molecule has 0 amide bonds. The van der Waals surface area contributed by atoms with E-state index in [2.05, 4.69) is 43.1 Å². The maximum absolute atomic E-state index is 6.36. The molecule has 0 aliphatic rings. The van der Waals surface area contributed by atoms with Crippen molar-refractivity contribution in [1.29, 1.82) is 0 Å². The largest absolute Gasteiger partial charge is 0.320 e. The number of benzene rings is 1. The maximum atomic E-state index is 6.36. The van der Waals surface area contributed by atoms with Crippen molar-refractivity contribution in [3.05, 3.63) is 64.0 Å². The quantitative estimate of drug-likeness (QED) is 0.874. The van der Waals surface area contributed by atoms with Gasteiger partial charge >= 0.3 is 0 Å². The SMILES string of the molecule is Cc1cc(C)cc(C(N)c2ccc(C)nc2C)c1. The Bertz CT molecular complexity index is 553. The highest BCUT2D eigenvalue weighted by molar-refractivity contribution is 5.38. The number of hydrogen-bond donors (Lipinski definition) is 1. The molecule has 0 saturated carbocycles. The molecule has 1 atom stereocenters. The van der Waals surface area contributed by atoms with E-state index in [9.17, 15) is 0 Å². The minimum atomic E-state index is -0.100. The summed E-state index contributed by atoms with van der Waals surface area (Å²) in [6.45, 7) is 8.22. The molecule has 1 aromatic heterocycles. The zero-order chi connectivity index (χ0) is 13.3. The number of rotatable bonds is 2. The molecule has 0 spiro atoms. The molecule has 18 heavy (non-hydrogen) atoms. The standard InChI is InChI=1S/C16H20N2/c1-10-7-11(2)9-14(8-10)16(17)15-6-5-12(3)18-13(15)4/h5-9,16H,17H2,1-4H3. The first-order valence-electron chi connectivity index (χ1n) is 6.25. The summed E-state index contributed by atoms with van der Waals surface area (Å²) in [6, 6.07) is 10.5. The van der Waals surface area contributed by atoms with Crippen molar-refractivity contribution < 1.29 is 0 Å². The molecule has 0 fully saturated rings. The minimum absolute atomic E-state index is 0.100. The smallest absolute Gasteiger partial charge is 0.0569 e. The summed E-state index contributed by atoms with van der Waals surface area (Å²) in [5, 5.41) is 0. The lowest BCUT2D eigenvalue weighted by atomic mass is 9.95. The molecule has 2 heteroatoms. The van der Waals surface area contributed by atoms with Crippen molar-refractivity contribution in [3.63, 3.8) is 0 Å². The summed E-state index contributed by atoms with van der Waals surface area (Å²) >= 11 is 0. The monoisotopic (exact) mass is 240 g/mol. The van der Waals surface area contributed by atoms with Crippen molar-refractivity contribution in [2.45, 2.75) is 33.7 Å². The van der Waals surface area contributed by atoms with Gasteiger partial charge in [0.2, 0.25) is 0 Å². The van der Waals surface area contributed by atoms with Crippen molar-refractivity contribution in [2.75, 3.05) is 0 Å². The van der Waals surface area contributed by atoms with Gasteiger partial charge < -0.3 is 5.73 Å². The Labute approximate surface area is 109 Å². The predicted octanol–water partition coefficient (Wildman–Crippen LogP) is 3.36. The molecule has 2 rings (SSSR count). The second kappa shape index (κ2) is 4.91. The molecule has 2 nitrogen and oxygen atoms in total. The average molecular weight is 240 g/mol. The first-order chi connectivity index (χ1) is 8.47. The number of pyridine rings is 1. The molecule has 1 aromatic carbocycles. The van der Waals surface area contributed by atoms with Crippen LogP contribution in [-0.4, -0.2) is 4.98 Å². The van der Waals surface area contributed by atoms with E-state index in [-0.39, 0.29) is 6.04 Å².